The lowest BCUT2D eigenvalue weighted by Crippen LogP contribution is -2.53. The van der Waals surface area contributed by atoms with Gasteiger partial charge in [-0.3, -0.25) is 9.59 Å². The van der Waals surface area contributed by atoms with Gasteiger partial charge in [0.25, 0.3) is 0 Å². The lowest BCUT2D eigenvalue weighted by atomic mass is 10.1. The first-order chi connectivity index (χ1) is 20.1. The summed E-state index contributed by atoms with van der Waals surface area (Å²) in [4.78, 5) is 24.1. The van der Waals surface area contributed by atoms with E-state index in [1.807, 2.05) is 13.8 Å². The van der Waals surface area contributed by atoms with Gasteiger partial charge in [0.05, 0.1) is 78.0 Å². The van der Waals surface area contributed by atoms with Crippen molar-refractivity contribution in [3.63, 3.8) is 0 Å². The van der Waals surface area contributed by atoms with E-state index in [-0.39, 0.29) is 52.0 Å². The monoisotopic (exact) mass is 617 g/mol. The number of carbonyl (C=O) groups excluding carboxylic acids is 2. The lowest BCUT2D eigenvalue weighted by molar-refractivity contribution is -0.136. The molecule has 0 fully saturated rings. The van der Waals surface area contributed by atoms with Crippen LogP contribution in [-0.4, -0.2) is 96.7 Å². The van der Waals surface area contributed by atoms with E-state index in [2.05, 4.69) is 10.1 Å². The molecule has 1 unspecified atom stereocenters. The summed E-state index contributed by atoms with van der Waals surface area (Å²) in [5, 5.41) is 2.88. The third kappa shape index (κ3) is 14.6. The second-order valence-electron chi connectivity index (χ2n) is 9.12. The van der Waals surface area contributed by atoms with Gasteiger partial charge in [0.2, 0.25) is 40.7 Å². The number of benzene rings is 1. The van der Waals surface area contributed by atoms with Gasteiger partial charge < -0.3 is 38.5 Å². The van der Waals surface area contributed by atoms with Crippen molar-refractivity contribution in [2.24, 2.45) is 0 Å². The van der Waals surface area contributed by atoms with Crippen molar-refractivity contribution in [1.82, 2.24) is 5.32 Å². The molecule has 1 atom stereocenters. The van der Waals surface area contributed by atoms with E-state index in [0.29, 0.717) is 39.6 Å². The van der Waals surface area contributed by atoms with Gasteiger partial charge in [-0.2, -0.15) is 8.78 Å². The van der Waals surface area contributed by atoms with Crippen LogP contribution < -0.4 is 10.1 Å². The quantitative estimate of drug-likeness (QED) is 0.0466. The van der Waals surface area contributed by atoms with Gasteiger partial charge in [0.15, 0.2) is 0 Å². The molecule has 0 heterocycles. The van der Waals surface area contributed by atoms with Gasteiger partial charge in [-0.25, -0.2) is 13.2 Å². The summed E-state index contributed by atoms with van der Waals surface area (Å²) in [5.41, 5.74) is -0.771. The summed E-state index contributed by atoms with van der Waals surface area (Å²) in [7, 11) is 0. The predicted molar refractivity (Wildman–Crippen MR) is 139 cm³/mol. The summed E-state index contributed by atoms with van der Waals surface area (Å²) in [6.07, 6.45) is 0.459. The van der Waals surface area contributed by atoms with Crippen LogP contribution in [0.3, 0.4) is 0 Å². The second-order valence-corrected chi connectivity index (χ2v) is 9.12. The fraction of sp³-hybridized carbons (Fsp3) is 0.704. The Morgan fingerprint density at radius 2 is 1.07 bits per heavy atom. The molecule has 1 aromatic carbocycles. The molecule has 0 radical (unpaired) electrons. The average molecular weight is 618 g/mol. The fourth-order valence-corrected chi connectivity index (χ4v) is 3.20. The largest absolute Gasteiger partial charge is 0.420 e. The highest BCUT2D eigenvalue weighted by Crippen LogP contribution is 2.29. The number of nitrogens with one attached hydrogen (secondary N) is 1. The molecule has 0 aromatic heterocycles. The van der Waals surface area contributed by atoms with Crippen LogP contribution in [0.4, 0.5) is 22.0 Å². The average Bonchev–Trinajstić information content (AvgIpc) is 2.96. The normalized spacial score (nSPS) is 12.8. The highest BCUT2D eigenvalue weighted by molar-refractivity contribution is 5.76. The molecule has 0 saturated carbocycles. The van der Waals surface area contributed by atoms with Crippen molar-refractivity contribution in [1.29, 1.82) is 0 Å². The van der Waals surface area contributed by atoms with E-state index < -0.39 is 52.8 Å². The molecular weight excluding hydrogens is 577 g/mol. The van der Waals surface area contributed by atoms with Crippen LogP contribution in [0.1, 0.15) is 40.0 Å². The van der Waals surface area contributed by atoms with Crippen molar-refractivity contribution in [3.8, 4) is 5.75 Å². The van der Waals surface area contributed by atoms with Crippen LogP contribution in [0.5, 0.6) is 5.75 Å². The number of esters is 1. The summed E-state index contributed by atoms with van der Waals surface area (Å²) in [6.45, 7) is 8.82. The van der Waals surface area contributed by atoms with E-state index in [9.17, 15) is 31.5 Å². The van der Waals surface area contributed by atoms with Crippen molar-refractivity contribution in [3.05, 3.63) is 29.1 Å². The summed E-state index contributed by atoms with van der Waals surface area (Å²) in [5.74, 6) is -14.6. The zero-order valence-electron chi connectivity index (χ0n) is 24.2. The number of hydrogen-bond donors (Lipinski definition) is 1. The first kappa shape index (κ1) is 37.6. The smallest absolute Gasteiger partial charge is 0.313 e. The Labute approximate surface area is 242 Å². The zero-order chi connectivity index (χ0) is 31.4. The Bertz CT molecular complexity index is 928. The third-order valence-corrected chi connectivity index (χ3v) is 5.26. The van der Waals surface area contributed by atoms with Crippen molar-refractivity contribution >= 4 is 11.9 Å². The fourth-order valence-electron chi connectivity index (χ4n) is 3.20. The van der Waals surface area contributed by atoms with E-state index in [1.165, 1.54) is 0 Å². The van der Waals surface area contributed by atoms with Crippen LogP contribution in [0.2, 0.25) is 0 Å². The number of ether oxygens (including phenoxy) is 7. The summed E-state index contributed by atoms with van der Waals surface area (Å²) in [6, 6.07) is 0. The zero-order valence-corrected chi connectivity index (χ0v) is 24.2. The first-order valence-corrected chi connectivity index (χ1v) is 13.6. The number of rotatable bonds is 24. The highest BCUT2D eigenvalue weighted by Gasteiger charge is 2.29. The van der Waals surface area contributed by atoms with Gasteiger partial charge in [-0.05, 0) is 20.3 Å². The molecule has 0 aliphatic rings. The minimum Gasteiger partial charge on any atom is -0.420 e. The molecule has 1 rings (SSSR count). The molecule has 0 saturated heterocycles. The molecular formula is C27H40F5NO9. The molecule has 15 heteroatoms. The molecule has 1 amide bonds. The van der Waals surface area contributed by atoms with E-state index in [4.69, 9.17) is 28.4 Å². The molecule has 0 aliphatic heterocycles. The molecule has 0 spiro atoms. The van der Waals surface area contributed by atoms with Crippen LogP contribution in [0.15, 0.2) is 0 Å². The summed E-state index contributed by atoms with van der Waals surface area (Å²) >= 11 is 0. The Balaban J connectivity index is 2.23. The molecule has 1 N–H and O–H groups in total. The standard InChI is InChI=1S/C27H40F5NO9/c1-4-8-37-11-14-40-15-16-41-18-27(3,17-36-5-2)33-19(34)6-9-38-12-13-39-10-7-20(35)42-26-24(31)22(29)21(28)23(30)25(26)32/h4-18H2,1-3H3,(H,33,34). The highest BCUT2D eigenvalue weighted by atomic mass is 19.2. The Hall–Kier alpha value is -2.43. The Morgan fingerprint density at radius 3 is 1.62 bits per heavy atom. The first-order valence-electron chi connectivity index (χ1n) is 13.6. The number of hydrogen-bond acceptors (Lipinski definition) is 9. The second kappa shape index (κ2) is 21.3. The van der Waals surface area contributed by atoms with Gasteiger partial charge >= 0.3 is 5.97 Å². The number of carbonyl (C=O) groups is 2. The maximum Gasteiger partial charge on any atom is 0.313 e. The van der Waals surface area contributed by atoms with Crippen LogP contribution in [0.25, 0.3) is 0 Å². The Morgan fingerprint density at radius 1 is 0.619 bits per heavy atom. The van der Waals surface area contributed by atoms with Crippen LogP contribution >= 0.6 is 0 Å². The number of amides is 1. The maximum absolute atomic E-state index is 13.6. The molecule has 242 valence electrons. The SMILES string of the molecule is CCCOCCOCCOCC(C)(COCC)NC(=O)CCOCCOCCC(=O)Oc1c(F)c(F)c(F)c(F)c1F. The van der Waals surface area contributed by atoms with Crippen molar-refractivity contribution < 1.29 is 64.7 Å². The Kier molecular flexibility index (Phi) is 19.1. The molecule has 1 aromatic rings. The van der Waals surface area contributed by atoms with Gasteiger partial charge in [0, 0.05) is 19.6 Å². The van der Waals surface area contributed by atoms with E-state index >= 15 is 0 Å². The summed E-state index contributed by atoms with van der Waals surface area (Å²) < 4.78 is 103. The van der Waals surface area contributed by atoms with Crippen LogP contribution in [0, 0.1) is 29.1 Å². The number of halogens is 5. The van der Waals surface area contributed by atoms with Gasteiger partial charge in [0.1, 0.15) is 0 Å². The maximum atomic E-state index is 13.6. The predicted octanol–water partition coefficient (Wildman–Crippen LogP) is 3.47. The lowest BCUT2D eigenvalue weighted by Gasteiger charge is -2.30. The van der Waals surface area contributed by atoms with Crippen molar-refractivity contribution in [2.45, 2.75) is 45.6 Å². The van der Waals surface area contributed by atoms with E-state index in [1.54, 1.807) is 6.92 Å². The molecule has 42 heavy (non-hydrogen) atoms. The molecule has 0 aliphatic carbocycles. The van der Waals surface area contributed by atoms with Crippen LogP contribution in [-0.2, 0) is 38.0 Å². The topological polar surface area (TPSA) is 111 Å². The molecule has 10 nitrogen and oxygen atoms in total. The minimum absolute atomic E-state index is 0.000120. The molecule has 0 bridgehead atoms. The third-order valence-electron chi connectivity index (χ3n) is 5.26. The van der Waals surface area contributed by atoms with Gasteiger partial charge in [-0.15, -0.1) is 0 Å². The van der Waals surface area contributed by atoms with Gasteiger partial charge in [-0.1, -0.05) is 6.92 Å². The van der Waals surface area contributed by atoms with Crippen molar-refractivity contribution in [2.75, 3.05) is 79.3 Å². The minimum atomic E-state index is -2.36. The van der Waals surface area contributed by atoms with E-state index in [0.717, 1.165) is 6.42 Å².